The fraction of sp³-hybridized carbons (Fsp3) is 0.368. The van der Waals surface area contributed by atoms with Crippen molar-refractivity contribution in [3.8, 4) is 0 Å². The largest absolute Gasteiger partial charge is 0.323 e. The van der Waals surface area contributed by atoms with Crippen LogP contribution in [0.25, 0.3) is 0 Å². The van der Waals surface area contributed by atoms with E-state index in [1.807, 2.05) is 6.07 Å². The molecule has 0 aromatic heterocycles. The zero-order valence-corrected chi connectivity index (χ0v) is 13.3. The van der Waals surface area contributed by atoms with E-state index in [2.05, 4.69) is 74.3 Å². The van der Waals surface area contributed by atoms with Crippen LogP contribution in [0.15, 0.2) is 54.6 Å². The normalized spacial score (nSPS) is 12.9. The molecule has 0 amide bonds. The van der Waals surface area contributed by atoms with E-state index >= 15 is 0 Å². The molecule has 0 saturated heterocycles. The van der Waals surface area contributed by atoms with Crippen LogP contribution in [0.4, 0.5) is 0 Å². The van der Waals surface area contributed by atoms with Crippen LogP contribution in [0.3, 0.4) is 0 Å². The summed E-state index contributed by atoms with van der Waals surface area (Å²) < 4.78 is 0. The van der Waals surface area contributed by atoms with E-state index in [1.165, 1.54) is 16.7 Å². The van der Waals surface area contributed by atoms with Gasteiger partial charge in [-0.2, -0.15) is 0 Å². The Hall–Kier alpha value is -1.64. The van der Waals surface area contributed by atoms with Crippen LogP contribution in [-0.2, 0) is 6.54 Å². The van der Waals surface area contributed by atoms with Gasteiger partial charge >= 0.3 is 0 Å². The second kappa shape index (κ2) is 7.39. The smallest absolute Gasteiger partial charge is 0.0424 e. The van der Waals surface area contributed by atoms with Crippen LogP contribution >= 0.6 is 0 Å². The van der Waals surface area contributed by atoms with Gasteiger partial charge in [0.25, 0.3) is 0 Å². The lowest BCUT2D eigenvalue weighted by atomic mass is 9.99. The predicted molar refractivity (Wildman–Crippen MR) is 90.2 cm³/mol. The molecule has 2 heteroatoms. The maximum absolute atomic E-state index is 6.33. The van der Waals surface area contributed by atoms with E-state index in [0.29, 0.717) is 5.92 Å². The minimum atomic E-state index is 0.0555. The molecule has 0 spiro atoms. The minimum absolute atomic E-state index is 0.0555. The van der Waals surface area contributed by atoms with Gasteiger partial charge < -0.3 is 10.6 Å². The molecule has 0 heterocycles. The van der Waals surface area contributed by atoms with Crippen LogP contribution < -0.4 is 5.73 Å². The third-order valence-corrected chi connectivity index (χ3v) is 3.83. The van der Waals surface area contributed by atoms with Gasteiger partial charge in [0, 0.05) is 19.1 Å². The van der Waals surface area contributed by atoms with Crippen molar-refractivity contribution in [3.63, 3.8) is 0 Å². The molecule has 0 unspecified atom stereocenters. The molecule has 0 aliphatic heterocycles. The van der Waals surface area contributed by atoms with Crippen molar-refractivity contribution in [1.82, 2.24) is 4.90 Å². The van der Waals surface area contributed by atoms with Gasteiger partial charge in [-0.3, -0.25) is 0 Å². The van der Waals surface area contributed by atoms with Crippen molar-refractivity contribution in [2.45, 2.75) is 32.4 Å². The average Bonchev–Trinajstić information content (AvgIpc) is 2.48. The second-order valence-electron chi connectivity index (χ2n) is 6.11. The Balaban J connectivity index is 1.92. The number of nitrogens with two attached hydrogens (primary N) is 1. The molecule has 0 fully saturated rings. The van der Waals surface area contributed by atoms with E-state index in [0.717, 1.165) is 13.1 Å². The molecular weight excluding hydrogens is 256 g/mol. The van der Waals surface area contributed by atoms with E-state index < -0.39 is 0 Å². The Bertz CT molecular complexity index is 531. The van der Waals surface area contributed by atoms with Gasteiger partial charge in [0.15, 0.2) is 0 Å². The van der Waals surface area contributed by atoms with Crippen molar-refractivity contribution < 1.29 is 0 Å². The first-order chi connectivity index (χ1) is 10.1. The average molecular weight is 282 g/mol. The van der Waals surface area contributed by atoms with Crippen molar-refractivity contribution in [3.05, 3.63) is 71.3 Å². The van der Waals surface area contributed by atoms with Gasteiger partial charge in [-0.05, 0) is 29.7 Å². The Morgan fingerprint density at radius 1 is 0.905 bits per heavy atom. The molecule has 2 rings (SSSR count). The summed E-state index contributed by atoms with van der Waals surface area (Å²) in [5, 5.41) is 0. The van der Waals surface area contributed by atoms with Gasteiger partial charge in [-0.15, -0.1) is 0 Å². The van der Waals surface area contributed by atoms with Crippen molar-refractivity contribution in [1.29, 1.82) is 0 Å². The molecule has 0 aliphatic rings. The number of rotatable bonds is 6. The molecule has 21 heavy (non-hydrogen) atoms. The van der Waals surface area contributed by atoms with E-state index in [9.17, 15) is 0 Å². The van der Waals surface area contributed by atoms with Gasteiger partial charge in [0.2, 0.25) is 0 Å². The van der Waals surface area contributed by atoms with E-state index in [4.69, 9.17) is 5.73 Å². The number of likely N-dealkylation sites (N-methyl/N-ethyl adjacent to an activating group) is 1. The molecule has 0 aliphatic carbocycles. The summed E-state index contributed by atoms with van der Waals surface area (Å²) in [5.41, 5.74) is 10.2. The second-order valence-corrected chi connectivity index (χ2v) is 6.11. The molecule has 0 radical (unpaired) electrons. The van der Waals surface area contributed by atoms with Gasteiger partial charge in [0.1, 0.15) is 0 Å². The highest BCUT2D eigenvalue weighted by Gasteiger charge is 2.10. The highest BCUT2D eigenvalue weighted by molar-refractivity contribution is 5.27. The minimum Gasteiger partial charge on any atom is -0.323 e. The van der Waals surface area contributed by atoms with Crippen LogP contribution in [0.2, 0.25) is 0 Å². The first-order valence-corrected chi connectivity index (χ1v) is 7.64. The molecule has 2 aromatic rings. The van der Waals surface area contributed by atoms with Crippen LogP contribution in [0.1, 0.15) is 42.5 Å². The maximum atomic E-state index is 6.33. The predicted octanol–water partition coefficient (Wildman–Crippen LogP) is 3.94. The van der Waals surface area contributed by atoms with Crippen molar-refractivity contribution in [2.75, 3.05) is 13.6 Å². The molecule has 2 N–H and O–H groups in total. The first kappa shape index (κ1) is 15.7. The SMILES string of the molecule is CC(C)c1ccc([C@H](N)CN(C)Cc2ccccc2)cc1. The Morgan fingerprint density at radius 3 is 2.05 bits per heavy atom. The van der Waals surface area contributed by atoms with Crippen LogP contribution in [0, 0.1) is 0 Å². The standard InChI is InChI=1S/C19H26N2/c1-15(2)17-9-11-18(12-10-17)19(20)14-21(3)13-16-7-5-4-6-8-16/h4-12,15,19H,13-14,20H2,1-3H3/t19-/m1/s1. The molecule has 2 nitrogen and oxygen atoms in total. The van der Waals surface area contributed by atoms with Gasteiger partial charge in [-0.25, -0.2) is 0 Å². The number of hydrogen-bond acceptors (Lipinski definition) is 2. The first-order valence-electron chi connectivity index (χ1n) is 7.64. The van der Waals surface area contributed by atoms with Crippen LogP contribution in [0.5, 0.6) is 0 Å². The lowest BCUT2D eigenvalue weighted by Gasteiger charge is -2.22. The third kappa shape index (κ3) is 4.69. The summed E-state index contributed by atoms with van der Waals surface area (Å²) in [7, 11) is 2.12. The molecule has 0 saturated carbocycles. The fourth-order valence-corrected chi connectivity index (χ4v) is 2.53. The highest BCUT2D eigenvalue weighted by Crippen LogP contribution is 2.18. The van der Waals surface area contributed by atoms with Crippen molar-refractivity contribution >= 4 is 0 Å². The highest BCUT2D eigenvalue weighted by atomic mass is 15.1. The molecule has 2 aromatic carbocycles. The summed E-state index contributed by atoms with van der Waals surface area (Å²) in [6.45, 7) is 6.21. The lowest BCUT2D eigenvalue weighted by Crippen LogP contribution is -2.28. The Labute approximate surface area is 128 Å². The summed E-state index contributed by atoms with van der Waals surface area (Å²) in [5.74, 6) is 0.566. The van der Waals surface area contributed by atoms with Gasteiger partial charge in [-0.1, -0.05) is 68.4 Å². The van der Waals surface area contributed by atoms with E-state index in [1.54, 1.807) is 0 Å². The van der Waals surface area contributed by atoms with Crippen LogP contribution in [-0.4, -0.2) is 18.5 Å². The van der Waals surface area contributed by atoms with Crippen molar-refractivity contribution in [2.24, 2.45) is 5.73 Å². The summed E-state index contributed by atoms with van der Waals surface area (Å²) in [4.78, 5) is 2.27. The Morgan fingerprint density at radius 2 is 1.48 bits per heavy atom. The number of hydrogen-bond donors (Lipinski definition) is 1. The Kier molecular flexibility index (Phi) is 5.54. The molecule has 1 atom stereocenters. The fourth-order valence-electron chi connectivity index (χ4n) is 2.53. The topological polar surface area (TPSA) is 29.3 Å². The summed E-state index contributed by atoms with van der Waals surface area (Å²) in [6.07, 6.45) is 0. The molecule has 0 bridgehead atoms. The number of benzene rings is 2. The quantitative estimate of drug-likeness (QED) is 0.869. The zero-order valence-electron chi connectivity index (χ0n) is 13.3. The zero-order chi connectivity index (χ0) is 15.2. The third-order valence-electron chi connectivity index (χ3n) is 3.83. The molecular formula is C19H26N2. The van der Waals surface area contributed by atoms with Gasteiger partial charge in [0.05, 0.1) is 0 Å². The maximum Gasteiger partial charge on any atom is 0.0424 e. The number of nitrogens with zero attached hydrogens (tertiary/aromatic N) is 1. The summed E-state index contributed by atoms with van der Waals surface area (Å²) >= 11 is 0. The summed E-state index contributed by atoms with van der Waals surface area (Å²) in [6, 6.07) is 19.3. The lowest BCUT2D eigenvalue weighted by molar-refractivity contribution is 0.305. The van der Waals surface area contributed by atoms with E-state index in [-0.39, 0.29) is 6.04 Å². The molecule has 112 valence electrons. The monoisotopic (exact) mass is 282 g/mol.